The molecule has 1 aliphatic heterocycles. The molecule has 4 heteroatoms. The first-order chi connectivity index (χ1) is 10.2. The summed E-state index contributed by atoms with van der Waals surface area (Å²) in [6.45, 7) is 1.85. The van der Waals surface area contributed by atoms with Crippen molar-refractivity contribution in [1.82, 2.24) is 14.5 Å². The van der Waals surface area contributed by atoms with Gasteiger partial charge >= 0.3 is 0 Å². The summed E-state index contributed by atoms with van der Waals surface area (Å²) >= 11 is 0. The molecule has 2 fully saturated rings. The van der Waals surface area contributed by atoms with Crippen molar-refractivity contribution in [2.45, 2.75) is 38.0 Å². The van der Waals surface area contributed by atoms with Crippen LogP contribution in [0, 0.1) is 0 Å². The number of rotatable bonds is 3. The lowest BCUT2D eigenvalue weighted by molar-refractivity contribution is -0.129. The van der Waals surface area contributed by atoms with Gasteiger partial charge in [-0.1, -0.05) is 6.07 Å². The van der Waals surface area contributed by atoms with Gasteiger partial charge in [0.15, 0.2) is 0 Å². The van der Waals surface area contributed by atoms with Crippen LogP contribution in [0.2, 0.25) is 0 Å². The zero-order valence-corrected chi connectivity index (χ0v) is 12.5. The summed E-state index contributed by atoms with van der Waals surface area (Å²) in [7, 11) is 2.10. The van der Waals surface area contributed by atoms with Gasteiger partial charge in [0.25, 0.3) is 0 Å². The van der Waals surface area contributed by atoms with Crippen molar-refractivity contribution in [1.29, 1.82) is 0 Å². The molecule has 0 spiro atoms. The van der Waals surface area contributed by atoms with Crippen LogP contribution in [0.1, 0.15) is 43.0 Å². The summed E-state index contributed by atoms with van der Waals surface area (Å²) in [5.41, 5.74) is 3.29. The van der Waals surface area contributed by atoms with E-state index < -0.39 is 0 Å². The second-order valence-electron chi connectivity index (χ2n) is 6.39. The molecule has 1 aromatic heterocycles. The maximum Gasteiger partial charge on any atom is 0.226 e. The Bertz CT molecular complexity index is 693. The summed E-state index contributed by atoms with van der Waals surface area (Å²) in [6.07, 6.45) is 5.33. The van der Waals surface area contributed by atoms with Crippen molar-refractivity contribution in [2.24, 2.45) is 7.05 Å². The second kappa shape index (κ2) is 4.86. The number of aromatic nitrogens is 2. The van der Waals surface area contributed by atoms with Gasteiger partial charge in [0.1, 0.15) is 5.82 Å². The minimum atomic E-state index is 0.255. The van der Waals surface area contributed by atoms with Gasteiger partial charge in [-0.3, -0.25) is 4.79 Å². The molecule has 110 valence electrons. The number of imidazole rings is 1. The molecule has 0 unspecified atom stereocenters. The normalized spacial score (nSPS) is 18.6. The van der Waals surface area contributed by atoms with Crippen LogP contribution in [0.15, 0.2) is 18.2 Å². The molecule has 2 aromatic rings. The van der Waals surface area contributed by atoms with Crippen LogP contribution >= 0.6 is 0 Å². The summed E-state index contributed by atoms with van der Waals surface area (Å²) in [5.74, 6) is 2.11. The van der Waals surface area contributed by atoms with Crippen molar-refractivity contribution in [3.63, 3.8) is 0 Å². The van der Waals surface area contributed by atoms with E-state index in [1.54, 1.807) is 0 Å². The van der Waals surface area contributed by atoms with Gasteiger partial charge < -0.3 is 9.47 Å². The molecule has 0 radical (unpaired) electrons. The molecule has 1 aliphatic carbocycles. The first-order valence-electron chi connectivity index (χ1n) is 7.95. The topological polar surface area (TPSA) is 38.1 Å². The highest BCUT2D eigenvalue weighted by Crippen LogP contribution is 2.40. The molecule has 2 heterocycles. The van der Waals surface area contributed by atoms with E-state index in [2.05, 4.69) is 29.8 Å². The monoisotopic (exact) mass is 283 g/mol. The van der Waals surface area contributed by atoms with Gasteiger partial charge in [-0.05, 0) is 43.4 Å². The predicted octanol–water partition coefficient (Wildman–Crippen LogP) is 2.62. The van der Waals surface area contributed by atoms with E-state index in [1.165, 1.54) is 24.2 Å². The second-order valence-corrected chi connectivity index (χ2v) is 6.39. The molecular weight excluding hydrogens is 262 g/mol. The smallest absolute Gasteiger partial charge is 0.226 e. The Balaban J connectivity index is 1.59. The van der Waals surface area contributed by atoms with E-state index in [-0.39, 0.29) is 5.91 Å². The minimum absolute atomic E-state index is 0.255. The lowest BCUT2D eigenvalue weighted by Gasteiger charge is -2.14. The molecule has 0 N–H and O–H groups in total. The number of carbonyl (C=O) groups excluding carboxylic acids is 1. The van der Waals surface area contributed by atoms with Crippen molar-refractivity contribution in [3.8, 4) is 0 Å². The number of likely N-dealkylation sites (tertiary alicyclic amines) is 1. The summed E-state index contributed by atoms with van der Waals surface area (Å²) in [4.78, 5) is 19.0. The molecule has 21 heavy (non-hydrogen) atoms. The SMILES string of the molecule is Cn1c(C2CC2)nc2cc(CC(=O)N3CCCC3)ccc21. The Morgan fingerprint density at radius 1 is 1.29 bits per heavy atom. The number of hydrogen-bond acceptors (Lipinski definition) is 2. The summed E-state index contributed by atoms with van der Waals surface area (Å²) in [5, 5.41) is 0. The van der Waals surface area contributed by atoms with E-state index in [0.29, 0.717) is 12.3 Å². The average Bonchev–Trinajstić information content (AvgIpc) is 3.06. The van der Waals surface area contributed by atoms with Crippen molar-refractivity contribution >= 4 is 16.9 Å². The third kappa shape index (κ3) is 2.33. The molecule has 1 saturated heterocycles. The molecule has 1 aromatic carbocycles. The molecule has 4 rings (SSSR count). The number of carbonyl (C=O) groups is 1. The number of hydrogen-bond donors (Lipinski definition) is 0. The average molecular weight is 283 g/mol. The maximum absolute atomic E-state index is 12.2. The van der Waals surface area contributed by atoms with Crippen molar-refractivity contribution in [3.05, 3.63) is 29.6 Å². The maximum atomic E-state index is 12.2. The van der Waals surface area contributed by atoms with Gasteiger partial charge in [-0.15, -0.1) is 0 Å². The zero-order valence-electron chi connectivity index (χ0n) is 12.5. The Labute approximate surface area is 124 Å². The van der Waals surface area contributed by atoms with Gasteiger partial charge in [0.05, 0.1) is 17.5 Å². The van der Waals surface area contributed by atoms with Crippen LogP contribution in [0.4, 0.5) is 0 Å². The quantitative estimate of drug-likeness (QED) is 0.868. The standard InChI is InChI=1S/C17H21N3O/c1-19-15-7-4-12(11-16(21)20-8-2-3-9-20)10-14(15)18-17(19)13-5-6-13/h4,7,10,13H,2-3,5-6,8-9,11H2,1H3. The molecule has 2 aliphatic rings. The molecule has 0 bridgehead atoms. The van der Waals surface area contributed by atoms with Crippen LogP contribution in [-0.2, 0) is 18.3 Å². The lowest BCUT2D eigenvalue weighted by Crippen LogP contribution is -2.29. The van der Waals surface area contributed by atoms with Gasteiger partial charge in [0, 0.05) is 26.1 Å². The van der Waals surface area contributed by atoms with Crippen molar-refractivity contribution < 1.29 is 4.79 Å². The Hall–Kier alpha value is -1.84. The van der Waals surface area contributed by atoms with E-state index in [9.17, 15) is 4.79 Å². The fourth-order valence-corrected chi connectivity index (χ4v) is 3.33. The number of nitrogens with zero attached hydrogens (tertiary/aromatic N) is 3. The number of fused-ring (bicyclic) bond motifs is 1. The van der Waals surface area contributed by atoms with Crippen LogP contribution in [-0.4, -0.2) is 33.4 Å². The minimum Gasteiger partial charge on any atom is -0.342 e. The van der Waals surface area contributed by atoms with Gasteiger partial charge in [-0.2, -0.15) is 0 Å². The Morgan fingerprint density at radius 2 is 2.05 bits per heavy atom. The molecule has 1 amide bonds. The largest absolute Gasteiger partial charge is 0.342 e. The third-order valence-electron chi connectivity index (χ3n) is 4.74. The highest BCUT2D eigenvalue weighted by Gasteiger charge is 2.28. The highest BCUT2D eigenvalue weighted by molar-refractivity contribution is 5.82. The van der Waals surface area contributed by atoms with Gasteiger partial charge in [-0.25, -0.2) is 4.98 Å². The van der Waals surface area contributed by atoms with E-state index in [1.807, 2.05) is 4.90 Å². The molecule has 4 nitrogen and oxygen atoms in total. The van der Waals surface area contributed by atoms with Crippen LogP contribution in [0.3, 0.4) is 0 Å². The fourth-order valence-electron chi connectivity index (χ4n) is 3.33. The number of benzene rings is 1. The van der Waals surface area contributed by atoms with Crippen LogP contribution in [0.25, 0.3) is 11.0 Å². The highest BCUT2D eigenvalue weighted by atomic mass is 16.2. The first-order valence-corrected chi connectivity index (χ1v) is 7.95. The van der Waals surface area contributed by atoms with E-state index in [0.717, 1.165) is 37.0 Å². The number of aryl methyl sites for hydroxylation is 1. The molecular formula is C17H21N3O. The zero-order chi connectivity index (χ0) is 14.4. The van der Waals surface area contributed by atoms with Gasteiger partial charge in [0.2, 0.25) is 5.91 Å². The third-order valence-corrected chi connectivity index (χ3v) is 4.74. The first kappa shape index (κ1) is 12.9. The molecule has 0 atom stereocenters. The predicted molar refractivity (Wildman–Crippen MR) is 82.2 cm³/mol. The summed E-state index contributed by atoms with van der Waals surface area (Å²) < 4.78 is 2.21. The van der Waals surface area contributed by atoms with E-state index in [4.69, 9.17) is 4.98 Å². The fraction of sp³-hybridized carbons (Fsp3) is 0.529. The molecule has 1 saturated carbocycles. The lowest BCUT2D eigenvalue weighted by atomic mass is 10.1. The Morgan fingerprint density at radius 3 is 2.76 bits per heavy atom. The Kier molecular flexibility index (Phi) is 2.98. The van der Waals surface area contributed by atoms with Crippen molar-refractivity contribution in [2.75, 3.05) is 13.1 Å². The summed E-state index contributed by atoms with van der Waals surface area (Å²) in [6, 6.07) is 6.28. The van der Waals surface area contributed by atoms with E-state index >= 15 is 0 Å². The van der Waals surface area contributed by atoms with Crippen LogP contribution in [0.5, 0.6) is 0 Å². The van der Waals surface area contributed by atoms with Crippen LogP contribution < -0.4 is 0 Å². The number of amides is 1.